The number of fused-ring (bicyclic) bond motifs is 1. The Hall–Kier alpha value is -4.41. The van der Waals surface area contributed by atoms with Crippen molar-refractivity contribution in [3.63, 3.8) is 0 Å². The number of halogens is 2. The summed E-state index contributed by atoms with van der Waals surface area (Å²) in [4.78, 5) is 16.8. The SMILES string of the molecule is Cc1nc(-c2ccc(F)c(NC(=O)c3cnn4cc(-c5ccn(C)n5)ccc34)c2F)no1. The molecule has 0 spiro atoms. The van der Waals surface area contributed by atoms with Crippen molar-refractivity contribution in [1.82, 2.24) is 29.5 Å². The van der Waals surface area contributed by atoms with Crippen LogP contribution in [0.1, 0.15) is 16.2 Å². The number of amides is 1. The average molecular weight is 435 g/mol. The van der Waals surface area contributed by atoms with Crippen LogP contribution in [0, 0.1) is 18.6 Å². The molecule has 0 aliphatic carbocycles. The molecule has 0 aliphatic rings. The second kappa shape index (κ2) is 7.38. The molecule has 0 radical (unpaired) electrons. The number of pyridine rings is 1. The number of anilines is 1. The minimum absolute atomic E-state index is 0.0477. The fraction of sp³-hybridized carbons (Fsp3) is 0.0952. The summed E-state index contributed by atoms with van der Waals surface area (Å²) >= 11 is 0. The minimum Gasteiger partial charge on any atom is -0.339 e. The number of aromatic nitrogens is 6. The molecule has 0 unspecified atom stereocenters. The molecule has 1 aromatic carbocycles. The molecule has 0 fully saturated rings. The number of carbonyl (C=O) groups excluding carboxylic acids is 1. The second-order valence-corrected chi connectivity index (χ2v) is 7.06. The van der Waals surface area contributed by atoms with Crippen LogP contribution in [-0.2, 0) is 7.05 Å². The molecule has 0 aliphatic heterocycles. The lowest BCUT2D eigenvalue weighted by molar-refractivity contribution is 0.102. The van der Waals surface area contributed by atoms with E-state index in [1.807, 2.05) is 19.3 Å². The Labute approximate surface area is 179 Å². The lowest BCUT2D eigenvalue weighted by atomic mass is 10.1. The molecule has 32 heavy (non-hydrogen) atoms. The zero-order valence-electron chi connectivity index (χ0n) is 16.9. The van der Waals surface area contributed by atoms with Crippen molar-refractivity contribution in [2.45, 2.75) is 6.92 Å². The van der Waals surface area contributed by atoms with Crippen molar-refractivity contribution < 1.29 is 18.1 Å². The van der Waals surface area contributed by atoms with Crippen molar-refractivity contribution in [3.8, 4) is 22.6 Å². The van der Waals surface area contributed by atoms with Crippen molar-refractivity contribution in [2.75, 3.05) is 5.32 Å². The number of benzene rings is 1. The van der Waals surface area contributed by atoms with Crippen molar-refractivity contribution in [1.29, 1.82) is 0 Å². The fourth-order valence-electron chi connectivity index (χ4n) is 3.31. The molecule has 0 bridgehead atoms. The van der Waals surface area contributed by atoms with Crippen LogP contribution < -0.4 is 5.32 Å². The van der Waals surface area contributed by atoms with E-state index in [4.69, 9.17) is 4.52 Å². The van der Waals surface area contributed by atoms with Gasteiger partial charge in [-0.05, 0) is 30.3 Å². The Morgan fingerprint density at radius 1 is 1.16 bits per heavy atom. The smallest absolute Gasteiger partial charge is 0.259 e. The molecule has 0 saturated carbocycles. The van der Waals surface area contributed by atoms with E-state index in [1.165, 1.54) is 16.8 Å². The highest BCUT2D eigenvalue weighted by atomic mass is 19.1. The first kappa shape index (κ1) is 19.5. The molecule has 0 atom stereocenters. The summed E-state index contributed by atoms with van der Waals surface area (Å²) in [6.07, 6.45) is 4.86. The predicted molar refractivity (Wildman–Crippen MR) is 110 cm³/mol. The number of rotatable bonds is 4. The summed E-state index contributed by atoms with van der Waals surface area (Å²) < 4.78 is 37.4. The summed E-state index contributed by atoms with van der Waals surface area (Å²) in [6, 6.07) is 7.53. The van der Waals surface area contributed by atoms with Crippen molar-refractivity contribution in [2.24, 2.45) is 7.05 Å². The Morgan fingerprint density at radius 2 is 2.00 bits per heavy atom. The molecular weight excluding hydrogens is 420 g/mol. The maximum absolute atomic E-state index is 15.0. The quantitative estimate of drug-likeness (QED) is 0.463. The van der Waals surface area contributed by atoms with Gasteiger partial charge in [0.2, 0.25) is 11.7 Å². The monoisotopic (exact) mass is 435 g/mol. The van der Waals surface area contributed by atoms with E-state index in [9.17, 15) is 13.6 Å². The highest BCUT2D eigenvalue weighted by Gasteiger charge is 2.22. The molecule has 1 N–H and O–H groups in total. The molecule has 5 rings (SSSR count). The summed E-state index contributed by atoms with van der Waals surface area (Å²) in [5.74, 6) is -2.48. The van der Waals surface area contributed by atoms with Gasteiger partial charge in [0.15, 0.2) is 5.82 Å². The summed E-state index contributed by atoms with van der Waals surface area (Å²) in [6.45, 7) is 1.55. The maximum atomic E-state index is 15.0. The number of nitrogens with one attached hydrogen (secondary N) is 1. The normalized spacial score (nSPS) is 11.2. The van der Waals surface area contributed by atoms with E-state index in [-0.39, 0.29) is 22.8 Å². The van der Waals surface area contributed by atoms with E-state index < -0.39 is 23.2 Å². The summed E-state index contributed by atoms with van der Waals surface area (Å²) in [5.41, 5.74) is 1.45. The lowest BCUT2D eigenvalue weighted by Crippen LogP contribution is -2.14. The van der Waals surface area contributed by atoms with Gasteiger partial charge in [0.05, 0.1) is 28.5 Å². The maximum Gasteiger partial charge on any atom is 0.259 e. The lowest BCUT2D eigenvalue weighted by Gasteiger charge is -2.09. The molecule has 11 heteroatoms. The van der Waals surface area contributed by atoms with Crippen LogP contribution in [0.5, 0.6) is 0 Å². The van der Waals surface area contributed by atoms with Gasteiger partial charge in [-0.3, -0.25) is 9.48 Å². The van der Waals surface area contributed by atoms with Gasteiger partial charge in [0.1, 0.15) is 11.5 Å². The third kappa shape index (κ3) is 3.29. The van der Waals surface area contributed by atoms with Crippen LogP contribution in [0.3, 0.4) is 0 Å². The number of nitrogens with zero attached hydrogens (tertiary/aromatic N) is 6. The third-order valence-electron chi connectivity index (χ3n) is 4.87. The summed E-state index contributed by atoms with van der Waals surface area (Å²) in [5, 5.41) is 14.5. The van der Waals surface area contributed by atoms with Gasteiger partial charge < -0.3 is 9.84 Å². The van der Waals surface area contributed by atoms with E-state index >= 15 is 0 Å². The van der Waals surface area contributed by atoms with E-state index in [2.05, 4.69) is 25.7 Å². The van der Waals surface area contributed by atoms with Gasteiger partial charge in [-0.25, -0.2) is 13.3 Å². The topological polar surface area (TPSA) is 103 Å². The van der Waals surface area contributed by atoms with Gasteiger partial charge in [-0.1, -0.05) is 5.16 Å². The van der Waals surface area contributed by atoms with Crippen LogP contribution >= 0.6 is 0 Å². The van der Waals surface area contributed by atoms with Crippen LogP contribution in [0.25, 0.3) is 28.2 Å². The van der Waals surface area contributed by atoms with Crippen LogP contribution in [0.4, 0.5) is 14.5 Å². The molecule has 0 saturated heterocycles. The predicted octanol–water partition coefficient (Wildman–Crippen LogP) is 3.62. The molecule has 4 aromatic heterocycles. The van der Waals surface area contributed by atoms with Gasteiger partial charge in [-0.15, -0.1) is 0 Å². The van der Waals surface area contributed by atoms with E-state index in [0.29, 0.717) is 5.52 Å². The Bertz CT molecular complexity index is 1480. The first-order chi connectivity index (χ1) is 15.4. The first-order valence-corrected chi connectivity index (χ1v) is 9.48. The molecule has 9 nitrogen and oxygen atoms in total. The average Bonchev–Trinajstić information content (AvgIpc) is 3.50. The second-order valence-electron chi connectivity index (χ2n) is 7.06. The molecule has 160 valence electrons. The fourth-order valence-corrected chi connectivity index (χ4v) is 3.31. The molecule has 5 aromatic rings. The zero-order chi connectivity index (χ0) is 22.4. The van der Waals surface area contributed by atoms with E-state index in [1.54, 1.807) is 29.9 Å². The minimum atomic E-state index is -1.01. The van der Waals surface area contributed by atoms with Crippen molar-refractivity contribution in [3.05, 3.63) is 72.0 Å². The highest BCUT2D eigenvalue weighted by molar-refractivity contribution is 6.09. The summed E-state index contributed by atoms with van der Waals surface area (Å²) in [7, 11) is 1.81. The van der Waals surface area contributed by atoms with Gasteiger partial charge in [0, 0.05) is 31.9 Å². The van der Waals surface area contributed by atoms with Crippen LogP contribution in [0.15, 0.2) is 53.4 Å². The number of carbonyl (C=O) groups is 1. The largest absolute Gasteiger partial charge is 0.339 e. The van der Waals surface area contributed by atoms with Crippen LogP contribution in [-0.4, -0.2) is 35.4 Å². The Morgan fingerprint density at radius 3 is 2.72 bits per heavy atom. The number of aryl methyl sites for hydroxylation is 2. The Balaban J connectivity index is 1.47. The third-order valence-corrected chi connectivity index (χ3v) is 4.87. The molecule has 1 amide bonds. The highest BCUT2D eigenvalue weighted by Crippen LogP contribution is 2.29. The van der Waals surface area contributed by atoms with Gasteiger partial charge >= 0.3 is 0 Å². The first-order valence-electron chi connectivity index (χ1n) is 9.48. The van der Waals surface area contributed by atoms with Gasteiger partial charge in [0.25, 0.3) is 5.91 Å². The number of hydrogen-bond donors (Lipinski definition) is 1. The van der Waals surface area contributed by atoms with Gasteiger partial charge in [-0.2, -0.15) is 15.2 Å². The Kier molecular flexibility index (Phi) is 4.51. The standard InChI is InChI=1S/C21H15F2N7O2/c1-11-25-20(28-32-11)13-4-5-15(22)19(18(13)23)26-21(31)14-9-24-30-10-12(3-6-17(14)30)16-7-8-29(2)27-16/h3-10H,1-2H3,(H,26,31). The van der Waals surface area contributed by atoms with E-state index in [0.717, 1.165) is 17.3 Å². The number of hydrogen-bond acceptors (Lipinski definition) is 6. The van der Waals surface area contributed by atoms with Crippen LogP contribution in [0.2, 0.25) is 0 Å². The van der Waals surface area contributed by atoms with Crippen molar-refractivity contribution >= 4 is 17.1 Å². The molecule has 4 heterocycles. The molecular formula is C21H15F2N7O2. The zero-order valence-corrected chi connectivity index (χ0v) is 16.9.